The molecule has 2 atom stereocenters. The highest BCUT2D eigenvalue weighted by Gasteiger charge is 2.25. The van der Waals surface area contributed by atoms with Gasteiger partial charge in [0.25, 0.3) is 0 Å². The normalized spacial score (nSPS) is 25.7. The number of rotatable bonds is 6. The van der Waals surface area contributed by atoms with Gasteiger partial charge < -0.3 is 5.32 Å². The highest BCUT2D eigenvalue weighted by Crippen LogP contribution is 2.24. The molecule has 0 aliphatic heterocycles. The van der Waals surface area contributed by atoms with Crippen molar-refractivity contribution in [1.29, 1.82) is 5.26 Å². The Balaban J connectivity index is 2.02. The Kier molecular flexibility index (Phi) is 5.71. The number of nitrogens with zero attached hydrogens (tertiary/aromatic N) is 1. The Bertz CT molecular complexity index is 205. The first kappa shape index (κ1) is 12.5. The maximum absolute atomic E-state index is 8.92. The predicted octanol–water partition coefficient (Wildman–Crippen LogP) is 3.09. The largest absolute Gasteiger partial charge is 0.313 e. The number of hydrogen-bond acceptors (Lipinski definition) is 2. The van der Waals surface area contributed by atoms with Crippen LogP contribution in [0.4, 0.5) is 0 Å². The third-order valence-corrected chi connectivity index (χ3v) is 3.30. The zero-order valence-corrected chi connectivity index (χ0v) is 10.1. The molecule has 0 saturated heterocycles. The molecule has 2 unspecified atom stereocenters. The molecule has 1 rings (SSSR count). The molecule has 2 nitrogen and oxygen atoms in total. The van der Waals surface area contributed by atoms with Gasteiger partial charge in [0, 0.05) is 6.04 Å². The summed E-state index contributed by atoms with van der Waals surface area (Å²) in [5.74, 6) is 1.10. The van der Waals surface area contributed by atoms with E-state index in [-0.39, 0.29) is 5.92 Å². The summed E-state index contributed by atoms with van der Waals surface area (Å²) in [5, 5.41) is 12.5. The van der Waals surface area contributed by atoms with Gasteiger partial charge in [0.1, 0.15) is 0 Å². The molecular weight excluding hydrogens is 184 g/mol. The SMILES string of the molecule is CC(C)CCCCNC1CCCC1C#N. The van der Waals surface area contributed by atoms with E-state index < -0.39 is 0 Å². The topological polar surface area (TPSA) is 35.8 Å². The summed E-state index contributed by atoms with van der Waals surface area (Å²) in [6.45, 7) is 5.64. The van der Waals surface area contributed by atoms with Crippen molar-refractivity contribution in [2.75, 3.05) is 6.54 Å². The molecule has 15 heavy (non-hydrogen) atoms. The van der Waals surface area contributed by atoms with Crippen LogP contribution in [0.15, 0.2) is 0 Å². The van der Waals surface area contributed by atoms with Gasteiger partial charge in [-0.25, -0.2) is 0 Å². The van der Waals surface area contributed by atoms with Crippen molar-refractivity contribution in [3.05, 3.63) is 0 Å². The minimum atomic E-state index is 0.273. The van der Waals surface area contributed by atoms with Crippen molar-refractivity contribution in [1.82, 2.24) is 5.32 Å². The van der Waals surface area contributed by atoms with Gasteiger partial charge in [-0.15, -0.1) is 0 Å². The lowest BCUT2D eigenvalue weighted by atomic mass is 10.0. The highest BCUT2D eigenvalue weighted by atomic mass is 14.9. The number of nitrogens with one attached hydrogen (secondary N) is 1. The van der Waals surface area contributed by atoms with Crippen molar-refractivity contribution in [3.63, 3.8) is 0 Å². The van der Waals surface area contributed by atoms with E-state index in [4.69, 9.17) is 5.26 Å². The summed E-state index contributed by atoms with van der Waals surface area (Å²) < 4.78 is 0. The van der Waals surface area contributed by atoms with Crippen LogP contribution in [-0.4, -0.2) is 12.6 Å². The summed E-state index contributed by atoms with van der Waals surface area (Å²) >= 11 is 0. The molecule has 0 aromatic heterocycles. The van der Waals surface area contributed by atoms with E-state index in [2.05, 4.69) is 25.2 Å². The molecule has 0 heterocycles. The summed E-state index contributed by atoms with van der Waals surface area (Å²) in [7, 11) is 0. The monoisotopic (exact) mass is 208 g/mol. The second-order valence-electron chi connectivity index (χ2n) is 5.12. The third kappa shape index (κ3) is 4.66. The first-order chi connectivity index (χ1) is 7.24. The quantitative estimate of drug-likeness (QED) is 0.681. The van der Waals surface area contributed by atoms with Crippen molar-refractivity contribution in [2.45, 2.75) is 58.4 Å². The molecular formula is C13H24N2. The van der Waals surface area contributed by atoms with Gasteiger partial charge in [-0.2, -0.15) is 5.26 Å². The maximum Gasteiger partial charge on any atom is 0.0672 e. The minimum absolute atomic E-state index is 0.273. The van der Waals surface area contributed by atoms with Gasteiger partial charge in [0.05, 0.1) is 12.0 Å². The van der Waals surface area contributed by atoms with Gasteiger partial charge in [0.15, 0.2) is 0 Å². The standard InChI is InChI=1S/C13H24N2/c1-11(2)6-3-4-9-15-13-8-5-7-12(13)10-14/h11-13,15H,3-9H2,1-2H3. The third-order valence-electron chi connectivity index (χ3n) is 3.30. The number of nitriles is 1. The van der Waals surface area contributed by atoms with Crippen LogP contribution in [0.25, 0.3) is 0 Å². The van der Waals surface area contributed by atoms with E-state index in [1.165, 1.54) is 32.1 Å². The highest BCUT2D eigenvalue weighted by molar-refractivity contribution is 4.96. The lowest BCUT2D eigenvalue weighted by molar-refractivity contribution is 0.444. The average molecular weight is 208 g/mol. The Labute approximate surface area is 94.1 Å². The van der Waals surface area contributed by atoms with E-state index >= 15 is 0 Å². The van der Waals surface area contributed by atoms with E-state index in [0.717, 1.165) is 18.9 Å². The molecule has 86 valence electrons. The Morgan fingerprint density at radius 2 is 2.13 bits per heavy atom. The van der Waals surface area contributed by atoms with Gasteiger partial charge in [-0.05, 0) is 31.7 Å². The summed E-state index contributed by atoms with van der Waals surface area (Å²) in [5.41, 5.74) is 0. The number of unbranched alkanes of at least 4 members (excludes halogenated alkanes) is 1. The molecule has 0 aromatic carbocycles. The molecule has 1 fully saturated rings. The smallest absolute Gasteiger partial charge is 0.0672 e. The zero-order chi connectivity index (χ0) is 11.1. The van der Waals surface area contributed by atoms with Crippen LogP contribution >= 0.6 is 0 Å². The Morgan fingerprint density at radius 1 is 1.33 bits per heavy atom. The van der Waals surface area contributed by atoms with Crippen LogP contribution in [0, 0.1) is 23.2 Å². The van der Waals surface area contributed by atoms with Gasteiger partial charge >= 0.3 is 0 Å². The second-order valence-corrected chi connectivity index (χ2v) is 5.12. The maximum atomic E-state index is 8.92. The fraction of sp³-hybridized carbons (Fsp3) is 0.923. The predicted molar refractivity (Wildman–Crippen MR) is 63.4 cm³/mol. The van der Waals surface area contributed by atoms with Crippen molar-refractivity contribution >= 4 is 0 Å². The lowest BCUT2D eigenvalue weighted by Crippen LogP contribution is -2.32. The average Bonchev–Trinajstić information content (AvgIpc) is 2.64. The summed E-state index contributed by atoms with van der Waals surface area (Å²) in [6, 6.07) is 2.89. The molecule has 1 aliphatic rings. The molecule has 2 heteroatoms. The minimum Gasteiger partial charge on any atom is -0.313 e. The molecule has 0 radical (unpaired) electrons. The van der Waals surface area contributed by atoms with Gasteiger partial charge in [-0.3, -0.25) is 0 Å². The lowest BCUT2D eigenvalue weighted by Gasteiger charge is -2.15. The fourth-order valence-corrected chi connectivity index (χ4v) is 2.32. The molecule has 0 bridgehead atoms. The van der Waals surface area contributed by atoms with E-state index in [1.54, 1.807) is 0 Å². The first-order valence-electron chi connectivity index (χ1n) is 6.37. The Morgan fingerprint density at radius 3 is 2.80 bits per heavy atom. The Hall–Kier alpha value is -0.550. The van der Waals surface area contributed by atoms with Crippen LogP contribution in [0.2, 0.25) is 0 Å². The van der Waals surface area contributed by atoms with E-state index in [0.29, 0.717) is 6.04 Å². The van der Waals surface area contributed by atoms with E-state index in [9.17, 15) is 0 Å². The zero-order valence-electron chi connectivity index (χ0n) is 10.1. The fourth-order valence-electron chi connectivity index (χ4n) is 2.32. The molecule has 1 aliphatic carbocycles. The summed E-state index contributed by atoms with van der Waals surface area (Å²) in [6.07, 6.45) is 7.42. The molecule has 0 spiro atoms. The summed E-state index contributed by atoms with van der Waals surface area (Å²) in [4.78, 5) is 0. The van der Waals surface area contributed by atoms with Gasteiger partial charge in [-0.1, -0.05) is 33.1 Å². The van der Waals surface area contributed by atoms with Crippen molar-refractivity contribution in [3.8, 4) is 6.07 Å². The van der Waals surface area contributed by atoms with Crippen LogP contribution in [-0.2, 0) is 0 Å². The van der Waals surface area contributed by atoms with Gasteiger partial charge in [0.2, 0.25) is 0 Å². The molecule has 0 amide bonds. The van der Waals surface area contributed by atoms with Crippen LogP contribution in [0.1, 0.15) is 52.4 Å². The molecule has 1 N–H and O–H groups in total. The molecule has 1 saturated carbocycles. The van der Waals surface area contributed by atoms with Crippen molar-refractivity contribution < 1.29 is 0 Å². The number of hydrogen-bond donors (Lipinski definition) is 1. The second kappa shape index (κ2) is 6.85. The van der Waals surface area contributed by atoms with Crippen LogP contribution in [0.3, 0.4) is 0 Å². The molecule has 0 aromatic rings. The van der Waals surface area contributed by atoms with Crippen molar-refractivity contribution in [2.24, 2.45) is 11.8 Å². The van der Waals surface area contributed by atoms with E-state index in [1.807, 2.05) is 0 Å². The van der Waals surface area contributed by atoms with Crippen LogP contribution in [0.5, 0.6) is 0 Å². The first-order valence-corrected chi connectivity index (χ1v) is 6.37. The van der Waals surface area contributed by atoms with Crippen LogP contribution < -0.4 is 5.32 Å².